The maximum Gasteiger partial charge on any atom is 0.124 e. The molecule has 2 rings (SSSR count). The largest absolute Gasteiger partial charge is 0.507 e. The van der Waals surface area contributed by atoms with Gasteiger partial charge in [0.05, 0.1) is 7.11 Å². The van der Waals surface area contributed by atoms with Gasteiger partial charge < -0.3 is 15.2 Å². The number of aromatic nitrogens is 1. The Morgan fingerprint density at radius 1 is 1.30 bits per heavy atom. The van der Waals surface area contributed by atoms with Gasteiger partial charge in [-0.1, -0.05) is 12.1 Å². The van der Waals surface area contributed by atoms with E-state index in [0.29, 0.717) is 12.3 Å². The van der Waals surface area contributed by atoms with Crippen LogP contribution >= 0.6 is 0 Å². The minimum Gasteiger partial charge on any atom is -0.507 e. The summed E-state index contributed by atoms with van der Waals surface area (Å²) in [4.78, 5) is 4.26. The van der Waals surface area contributed by atoms with Crippen LogP contribution in [0.4, 0.5) is 0 Å². The van der Waals surface area contributed by atoms with Crippen LogP contribution in [-0.4, -0.2) is 17.2 Å². The van der Waals surface area contributed by atoms with Gasteiger partial charge in [0.15, 0.2) is 0 Å². The first kappa shape index (κ1) is 14.3. The van der Waals surface area contributed by atoms with E-state index in [1.165, 1.54) is 0 Å². The molecule has 1 aromatic carbocycles. The van der Waals surface area contributed by atoms with Crippen LogP contribution in [0.2, 0.25) is 0 Å². The molecule has 0 bridgehead atoms. The molecule has 0 amide bonds. The Bertz CT molecular complexity index is 567. The lowest BCUT2D eigenvalue weighted by atomic mass is 10.1. The second-order valence-corrected chi connectivity index (χ2v) is 4.84. The molecule has 1 unspecified atom stereocenters. The van der Waals surface area contributed by atoms with E-state index in [1.54, 1.807) is 13.2 Å². The summed E-state index contributed by atoms with van der Waals surface area (Å²) in [5.41, 5.74) is 2.98. The minimum atomic E-state index is 0.0437. The van der Waals surface area contributed by atoms with Gasteiger partial charge in [-0.05, 0) is 31.5 Å². The summed E-state index contributed by atoms with van der Waals surface area (Å²) >= 11 is 0. The topological polar surface area (TPSA) is 54.4 Å². The average molecular weight is 272 g/mol. The Hall–Kier alpha value is -2.07. The molecule has 0 saturated heterocycles. The second-order valence-electron chi connectivity index (χ2n) is 4.84. The summed E-state index contributed by atoms with van der Waals surface area (Å²) in [5, 5.41) is 13.4. The van der Waals surface area contributed by atoms with Crippen molar-refractivity contribution in [2.24, 2.45) is 0 Å². The third-order valence-electron chi connectivity index (χ3n) is 3.29. The lowest BCUT2D eigenvalue weighted by Crippen LogP contribution is -2.18. The molecule has 1 atom stereocenters. The summed E-state index contributed by atoms with van der Waals surface area (Å²) in [6.45, 7) is 4.69. The van der Waals surface area contributed by atoms with Gasteiger partial charge in [0.1, 0.15) is 11.5 Å². The van der Waals surface area contributed by atoms with Crippen LogP contribution in [-0.2, 0) is 6.54 Å². The highest BCUT2D eigenvalue weighted by Crippen LogP contribution is 2.28. The highest BCUT2D eigenvalue weighted by molar-refractivity contribution is 5.41. The van der Waals surface area contributed by atoms with Gasteiger partial charge in [-0.15, -0.1) is 0 Å². The van der Waals surface area contributed by atoms with E-state index in [4.69, 9.17) is 4.74 Å². The number of nitrogens with zero attached hydrogens (tertiary/aromatic N) is 1. The lowest BCUT2D eigenvalue weighted by Gasteiger charge is -2.16. The Balaban J connectivity index is 2.01. The van der Waals surface area contributed by atoms with Crippen molar-refractivity contribution in [2.45, 2.75) is 26.4 Å². The van der Waals surface area contributed by atoms with Gasteiger partial charge in [0.2, 0.25) is 0 Å². The molecule has 0 spiro atoms. The molecule has 2 N–H and O–H groups in total. The van der Waals surface area contributed by atoms with E-state index in [1.807, 2.05) is 38.2 Å². The van der Waals surface area contributed by atoms with Crippen LogP contribution in [0.25, 0.3) is 0 Å². The summed E-state index contributed by atoms with van der Waals surface area (Å²) < 4.78 is 5.08. The highest BCUT2D eigenvalue weighted by atomic mass is 16.5. The van der Waals surface area contributed by atoms with Crippen LogP contribution in [0.5, 0.6) is 11.5 Å². The van der Waals surface area contributed by atoms with Crippen LogP contribution < -0.4 is 10.1 Å². The van der Waals surface area contributed by atoms with Crippen LogP contribution in [0.1, 0.15) is 29.8 Å². The fraction of sp³-hybridized carbons (Fsp3) is 0.312. The molecule has 0 fully saturated rings. The Kier molecular flexibility index (Phi) is 4.58. The van der Waals surface area contributed by atoms with E-state index < -0.39 is 0 Å². The fourth-order valence-electron chi connectivity index (χ4n) is 2.00. The normalized spacial score (nSPS) is 12.2. The third-order valence-corrected chi connectivity index (χ3v) is 3.29. The quantitative estimate of drug-likeness (QED) is 0.878. The van der Waals surface area contributed by atoms with E-state index in [9.17, 15) is 5.11 Å². The molecule has 0 aliphatic heterocycles. The van der Waals surface area contributed by atoms with Crippen LogP contribution in [0.15, 0.2) is 36.5 Å². The first-order valence-electron chi connectivity index (χ1n) is 6.62. The smallest absolute Gasteiger partial charge is 0.124 e. The maximum atomic E-state index is 9.99. The van der Waals surface area contributed by atoms with Gasteiger partial charge in [-0.3, -0.25) is 4.98 Å². The van der Waals surface area contributed by atoms with E-state index in [0.717, 1.165) is 16.8 Å². The molecule has 4 nitrogen and oxygen atoms in total. The molecule has 0 saturated carbocycles. The lowest BCUT2D eigenvalue weighted by molar-refractivity contribution is 0.404. The predicted molar refractivity (Wildman–Crippen MR) is 78.9 cm³/mol. The zero-order chi connectivity index (χ0) is 14.5. The van der Waals surface area contributed by atoms with Gasteiger partial charge in [0, 0.05) is 36.1 Å². The molecule has 20 heavy (non-hydrogen) atoms. The zero-order valence-electron chi connectivity index (χ0n) is 12.1. The molecule has 0 aliphatic rings. The van der Waals surface area contributed by atoms with Crippen molar-refractivity contribution >= 4 is 0 Å². The number of benzene rings is 1. The van der Waals surface area contributed by atoms with Crippen molar-refractivity contribution in [1.29, 1.82) is 0 Å². The van der Waals surface area contributed by atoms with E-state index in [2.05, 4.69) is 16.4 Å². The Morgan fingerprint density at radius 2 is 2.10 bits per heavy atom. The zero-order valence-corrected chi connectivity index (χ0v) is 12.1. The number of phenols is 1. The molecule has 4 heteroatoms. The van der Waals surface area contributed by atoms with E-state index >= 15 is 0 Å². The molecule has 2 aromatic rings. The first-order valence-corrected chi connectivity index (χ1v) is 6.62. The number of nitrogens with one attached hydrogen (secondary N) is 1. The third kappa shape index (κ3) is 3.48. The number of pyridine rings is 1. The highest BCUT2D eigenvalue weighted by Gasteiger charge is 2.10. The molecule has 0 radical (unpaired) electrons. The standard InChI is InChI=1S/C16H20N2O2/c1-11-4-5-13(9-17-11)10-18-12(2)15-7-6-14(20-3)8-16(15)19/h4-9,12,18-19H,10H2,1-3H3. The number of hydrogen-bond donors (Lipinski definition) is 2. The van der Waals surface area contributed by atoms with Crippen molar-refractivity contribution in [3.8, 4) is 11.5 Å². The number of aromatic hydroxyl groups is 1. The Morgan fingerprint density at radius 3 is 2.70 bits per heavy atom. The van der Waals surface area contributed by atoms with Gasteiger partial charge >= 0.3 is 0 Å². The van der Waals surface area contributed by atoms with Crippen molar-refractivity contribution in [1.82, 2.24) is 10.3 Å². The summed E-state index contributed by atoms with van der Waals surface area (Å²) in [6, 6.07) is 9.44. The van der Waals surface area contributed by atoms with Gasteiger partial charge in [0.25, 0.3) is 0 Å². The summed E-state index contributed by atoms with van der Waals surface area (Å²) in [6.07, 6.45) is 1.86. The van der Waals surface area contributed by atoms with Gasteiger partial charge in [-0.25, -0.2) is 0 Å². The average Bonchev–Trinajstić information content (AvgIpc) is 2.46. The minimum absolute atomic E-state index is 0.0437. The SMILES string of the molecule is COc1ccc(C(C)NCc2ccc(C)nc2)c(O)c1. The molecule has 1 heterocycles. The molecule has 106 valence electrons. The number of methoxy groups -OCH3 is 1. The number of aryl methyl sites for hydroxylation is 1. The van der Waals surface area contributed by atoms with Crippen LogP contribution in [0, 0.1) is 6.92 Å². The molecule has 0 aliphatic carbocycles. The fourth-order valence-corrected chi connectivity index (χ4v) is 2.00. The summed E-state index contributed by atoms with van der Waals surface area (Å²) in [7, 11) is 1.58. The first-order chi connectivity index (χ1) is 9.60. The van der Waals surface area contributed by atoms with Crippen molar-refractivity contribution in [2.75, 3.05) is 7.11 Å². The van der Waals surface area contributed by atoms with Gasteiger partial charge in [-0.2, -0.15) is 0 Å². The number of ether oxygens (including phenoxy) is 1. The summed E-state index contributed by atoms with van der Waals surface area (Å²) in [5.74, 6) is 0.896. The van der Waals surface area contributed by atoms with E-state index in [-0.39, 0.29) is 11.8 Å². The second kappa shape index (κ2) is 6.39. The number of phenolic OH excluding ortho intramolecular Hbond substituents is 1. The van der Waals surface area contributed by atoms with Crippen molar-refractivity contribution in [3.05, 3.63) is 53.3 Å². The predicted octanol–water partition coefficient (Wildman–Crippen LogP) is 2.96. The molecular formula is C16H20N2O2. The van der Waals surface area contributed by atoms with Crippen molar-refractivity contribution < 1.29 is 9.84 Å². The molecule has 1 aromatic heterocycles. The maximum absolute atomic E-state index is 9.99. The number of rotatable bonds is 5. The Labute approximate surface area is 119 Å². The van der Waals surface area contributed by atoms with Crippen LogP contribution in [0.3, 0.4) is 0 Å². The molecular weight excluding hydrogens is 252 g/mol. The number of hydrogen-bond acceptors (Lipinski definition) is 4. The monoisotopic (exact) mass is 272 g/mol. The van der Waals surface area contributed by atoms with Crippen molar-refractivity contribution in [3.63, 3.8) is 0 Å².